The number of aryl methyl sites for hydroxylation is 1. The lowest BCUT2D eigenvalue weighted by Gasteiger charge is -2.21. The molecular formula is C24H31N7O5. The van der Waals surface area contributed by atoms with Gasteiger partial charge in [-0.2, -0.15) is 0 Å². The number of hydrogen-bond acceptors (Lipinski definition) is 10. The number of nitrogens with zero attached hydrogens (tertiary/aromatic N) is 5. The summed E-state index contributed by atoms with van der Waals surface area (Å²) in [7, 11) is 1.87. The van der Waals surface area contributed by atoms with E-state index in [1.807, 2.05) is 54.4 Å². The molecule has 0 unspecified atom stereocenters. The van der Waals surface area contributed by atoms with Gasteiger partial charge < -0.3 is 35.6 Å². The number of imidazole rings is 1. The van der Waals surface area contributed by atoms with Gasteiger partial charge in [-0.3, -0.25) is 4.57 Å². The van der Waals surface area contributed by atoms with Gasteiger partial charge in [-0.05, 0) is 19.5 Å². The number of aromatic nitrogens is 4. The molecule has 2 aromatic heterocycles. The smallest absolute Gasteiger partial charge is 0.407 e. The second-order valence-electron chi connectivity index (χ2n) is 8.64. The molecule has 1 aliphatic rings. The van der Waals surface area contributed by atoms with Crippen molar-refractivity contribution >= 4 is 23.1 Å². The van der Waals surface area contributed by atoms with Gasteiger partial charge in [0, 0.05) is 19.6 Å². The van der Waals surface area contributed by atoms with Gasteiger partial charge in [-0.25, -0.2) is 19.7 Å². The first kappa shape index (κ1) is 25.5. The Balaban J connectivity index is 1.24. The molecule has 1 fully saturated rings. The largest absolute Gasteiger partial charge is 0.445 e. The fourth-order valence-corrected chi connectivity index (χ4v) is 4.07. The first-order valence-electron chi connectivity index (χ1n) is 11.6. The highest BCUT2D eigenvalue weighted by Crippen LogP contribution is 2.33. The molecule has 4 rings (SSSR count). The predicted molar refractivity (Wildman–Crippen MR) is 132 cm³/mol. The average molecular weight is 498 g/mol. The third kappa shape index (κ3) is 5.79. The Morgan fingerprint density at radius 2 is 2.03 bits per heavy atom. The average Bonchev–Trinajstić information content (AvgIpc) is 3.34. The van der Waals surface area contributed by atoms with Crippen molar-refractivity contribution in [2.75, 3.05) is 32.4 Å². The number of rotatable bonds is 9. The second kappa shape index (κ2) is 11.4. The van der Waals surface area contributed by atoms with Gasteiger partial charge in [-0.1, -0.05) is 42.5 Å². The van der Waals surface area contributed by atoms with E-state index in [1.165, 1.54) is 6.33 Å². The van der Waals surface area contributed by atoms with Crippen LogP contribution in [0, 0.1) is 6.92 Å². The second-order valence-corrected chi connectivity index (χ2v) is 8.64. The topological polar surface area (TPSA) is 161 Å². The highest BCUT2D eigenvalue weighted by atomic mass is 16.6. The third-order valence-corrected chi connectivity index (χ3v) is 5.93. The number of amides is 1. The maximum Gasteiger partial charge on any atom is 0.407 e. The highest BCUT2D eigenvalue weighted by molar-refractivity contribution is 5.81. The summed E-state index contributed by atoms with van der Waals surface area (Å²) in [6, 6.07) is 9.45. The predicted octanol–water partition coefficient (Wildman–Crippen LogP) is 0.751. The van der Waals surface area contributed by atoms with Crippen LogP contribution < -0.4 is 11.1 Å². The minimum absolute atomic E-state index is 0.213. The van der Waals surface area contributed by atoms with Gasteiger partial charge in [0.05, 0.1) is 0 Å². The Morgan fingerprint density at radius 3 is 2.81 bits per heavy atom. The lowest BCUT2D eigenvalue weighted by molar-refractivity contribution is -0.0424. The van der Waals surface area contributed by atoms with Crippen molar-refractivity contribution in [2.24, 2.45) is 0 Å². The Kier molecular flexibility index (Phi) is 8.10. The van der Waals surface area contributed by atoms with Crippen LogP contribution in [0.5, 0.6) is 0 Å². The molecule has 0 aliphatic carbocycles. The van der Waals surface area contributed by atoms with E-state index in [4.69, 9.17) is 15.2 Å². The van der Waals surface area contributed by atoms with Crippen LogP contribution in [-0.4, -0.2) is 85.7 Å². The molecule has 3 aromatic rings. The molecule has 192 valence electrons. The first-order valence-corrected chi connectivity index (χ1v) is 11.6. The number of nitrogen functional groups attached to an aromatic ring is 1. The molecule has 1 saturated heterocycles. The molecule has 3 heterocycles. The van der Waals surface area contributed by atoms with Gasteiger partial charge in [-0.15, -0.1) is 0 Å². The summed E-state index contributed by atoms with van der Waals surface area (Å²) in [5, 5.41) is 24.0. The van der Waals surface area contributed by atoms with Crippen LogP contribution in [0.25, 0.3) is 11.2 Å². The van der Waals surface area contributed by atoms with Gasteiger partial charge in [0.2, 0.25) is 0 Å². The Morgan fingerprint density at radius 1 is 1.25 bits per heavy atom. The zero-order valence-corrected chi connectivity index (χ0v) is 20.2. The number of aliphatic hydroxyl groups is 2. The van der Waals surface area contributed by atoms with Crippen molar-refractivity contribution in [3.8, 4) is 0 Å². The van der Waals surface area contributed by atoms with Crippen molar-refractivity contribution in [3.63, 3.8) is 0 Å². The summed E-state index contributed by atoms with van der Waals surface area (Å²) in [5.41, 5.74) is 7.67. The van der Waals surface area contributed by atoms with E-state index in [2.05, 4.69) is 20.3 Å². The lowest BCUT2D eigenvalue weighted by atomic mass is 10.1. The quantitative estimate of drug-likeness (QED) is 0.311. The van der Waals surface area contributed by atoms with E-state index in [9.17, 15) is 15.0 Å². The standard InChI is InChI=1S/C24H31N7O5/c1-15-29-18-21(25)27-14-28-22(18)31(15)23-20(33)19(32)17(36-23)12-30(2)11-7-6-10-26-24(34)35-13-16-8-4-3-5-9-16/h3-9,14,17,19-20,23,32-33H,10-13H2,1-2H3,(H,26,34)(H2,25,27,28)/b7-6-/t17-,19-,20-,23-/m1/s1. The van der Waals surface area contributed by atoms with Crippen LogP contribution >= 0.6 is 0 Å². The van der Waals surface area contributed by atoms with Gasteiger partial charge in [0.25, 0.3) is 0 Å². The molecule has 1 amide bonds. The number of nitrogens with one attached hydrogen (secondary N) is 1. The summed E-state index contributed by atoms with van der Waals surface area (Å²) >= 11 is 0. The summed E-state index contributed by atoms with van der Waals surface area (Å²) in [4.78, 5) is 26.3. The van der Waals surface area contributed by atoms with Gasteiger partial charge in [0.1, 0.15) is 37.1 Å². The highest BCUT2D eigenvalue weighted by Gasteiger charge is 2.45. The molecule has 0 saturated carbocycles. The zero-order chi connectivity index (χ0) is 25.7. The number of nitrogens with two attached hydrogens (primary N) is 1. The number of fused-ring (bicyclic) bond motifs is 1. The number of ether oxygens (including phenoxy) is 2. The summed E-state index contributed by atoms with van der Waals surface area (Å²) in [6.45, 7) is 3.20. The number of carbonyl (C=O) groups is 1. The number of alkyl carbamates (subject to hydrolysis) is 1. The maximum absolute atomic E-state index is 11.8. The molecule has 12 nitrogen and oxygen atoms in total. The van der Waals surface area contributed by atoms with E-state index in [1.54, 1.807) is 11.5 Å². The van der Waals surface area contributed by atoms with E-state index < -0.39 is 30.6 Å². The summed E-state index contributed by atoms with van der Waals surface area (Å²) in [5.74, 6) is 0.775. The fraction of sp³-hybridized carbons (Fsp3) is 0.417. The van der Waals surface area contributed by atoms with Crippen molar-refractivity contribution < 1.29 is 24.5 Å². The van der Waals surface area contributed by atoms with Crippen LogP contribution in [0.4, 0.5) is 10.6 Å². The number of hydrogen-bond donors (Lipinski definition) is 4. The van der Waals surface area contributed by atoms with Crippen LogP contribution in [0.1, 0.15) is 17.6 Å². The van der Waals surface area contributed by atoms with Crippen molar-refractivity contribution in [2.45, 2.75) is 38.1 Å². The molecule has 36 heavy (non-hydrogen) atoms. The number of likely N-dealkylation sites (N-methyl/N-ethyl adjacent to an activating group) is 1. The molecule has 4 atom stereocenters. The molecule has 0 spiro atoms. The Labute approximate surface area is 208 Å². The minimum Gasteiger partial charge on any atom is -0.445 e. The zero-order valence-electron chi connectivity index (χ0n) is 20.2. The maximum atomic E-state index is 11.8. The van der Waals surface area contributed by atoms with Crippen LogP contribution in [0.15, 0.2) is 48.8 Å². The number of aliphatic hydroxyl groups excluding tert-OH is 2. The van der Waals surface area contributed by atoms with E-state index in [0.29, 0.717) is 36.6 Å². The molecule has 0 radical (unpaired) electrons. The van der Waals surface area contributed by atoms with E-state index in [-0.39, 0.29) is 12.4 Å². The Hall–Kier alpha value is -3.58. The summed E-state index contributed by atoms with van der Waals surface area (Å²) in [6.07, 6.45) is 0.770. The van der Waals surface area contributed by atoms with Crippen molar-refractivity contribution in [1.29, 1.82) is 0 Å². The first-order chi connectivity index (χ1) is 17.3. The number of anilines is 1. The monoisotopic (exact) mass is 497 g/mol. The van der Waals surface area contributed by atoms with Crippen molar-refractivity contribution in [3.05, 3.63) is 60.2 Å². The van der Waals surface area contributed by atoms with Crippen LogP contribution in [-0.2, 0) is 16.1 Å². The minimum atomic E-state index is -1.17. The molecule has 1 aromatic carbocycles. The Bertz CT molecular complexity index is 1200. The number of benzene rings is 1. The van der Waals surface area contributed by atoms with Crippen LogP contribution in [0.3, 0.4) is 0 Å². The summed E-state index contributed by atoms with van der Waals surface area (Å²) < 4.78 is 12.8. The molecule has 5 N–H and O–H groups in total. The fourth-order valence-electron chi connectivity index (χ4n) is 4.07. The lowest BCUT2D eigenvalue weighted by Crippen LogP contribution is -2.38. The van der Waals surface area contributed by atoms with E-state index >= 15 is 0 Å². The SMILES string of the molecule is Cc1nc2c(N)ncnc2n1[C@@H]1O[C@H](CN(C)C/C=C\CNC(=O)OCc2ccccc2)[C@@H](O)[C@H]1O. The van der Waals surface area contributed by atoms with Crippen molar-refractivity contribution in [1.82, 2.24) is 29.7 Å². The molecular weight excluding hydrogens is 466 g/mol. The van der Waals surface area contributed by atoms with E-state index in [0.717, 1.165) is 5.56 Å². The molecule has 12 heteroatoms. The van der Waals surface area contributed by atoms with Crippen LogP contribution in [0.2, 0.25) is 0 Å². The molecule has 0 bridgehead atoms. The number of carbonyl (C=O) groups excluding carboxylic acids is 1. The van der Waals surface area contributed by atoms with Gasteiger partial charge >= 0.3 is 6.09 Å². The normalized spacial score (nSPS) is 22.0. The molecule has 1 aliphatic heterocycles. The van der Waals surface area contributed by atoms with Gasteiger partial charge in [0.15, 0.2) is 23.2 Å². The third-order valence-electron chi connectivity index (χ3n) is 5.93.